The first-order valence-corrected chi connectivity index (χ1v) is 7.73. The summed E-state index contributed by atoms with van der Waals surface area (Å²) in [6.45, 7) is 0.0284. The third-order valence-corrected chi connectivity index (χ3v) is 3.56. The lowest BCUT2D eigenvalue weighted by atomic mass is 10.1. The van der Waals surface area contributed by atoms with Crippen molar-refractivity contribution in [1.82, 2.24) is 20.3 Å². The third-order valence-electron chi connectivity index (χ3n) is 3.56. The van der Waals surface area contributed by atoms with E-state index in [2.05, 4.69) is 15.6 Å². The van der Waals surface area contributed by atoms with Crippen LogP contribution in [0.25, 0.3) is 16.9 Å². The van der Waals surface area contributed by atoms with E-state index in [1.807, 2.05) is 60.7 Å². The van der Waals surface area contributed by atoms with Crippen molar-refractivity contribution < 1.29 is 14.7 Å². The SMILES string of the molecule is O=C(O)CCNC(=O)c1nnn(-c2ccccc2)c1-c1ccccc1. The molecule has 0 radical (unpaired) electrons. The van der Waals surface area contributed by atoms with E-state index in [1.165, 1.54) is 0 Å². The second-order valence-corrected chi connectivity index (χ2v) is 5.30. The van der Waals surface area contributed by atoms with E-state index in [-0.39, 0.29) is 18.7 Å². The lowest BCUT2D eigenvalue weighted by Gasteiger charge is -2.08. The van der Waals surface area contributed by atoms with E-state index in [0.29, 0.717) is 5.69 Å². The number of carbonyl (C=O) groups excluding carboxylic acids is 1. The van der Waals surface area contributed by atoms with Crippen LogP contribution < -0.4 is 5.32 Å². The van der Waals surface area contributed by atoms with Crippen LogP contribution in [0, 0.1) is 0 Å². The summed E-state index contributed by atoms with van der Waals surface area (Å²) in [7, 11) is 0. The highest BCUT2D eigenvalue weighted by molar-refractivity contribution is 5.98. The van der Waals surface area contributed by atoms with Crippen molar-refractivity contribution in [2.24, 2.45) is 0 Å². The number of carboxylic acids is 1. The number of hydrogen-bond donors (Lipinski definition) is 2. The molecule has 7 heteroatoms. The summed E-state index contributed by atoms with van der Waals surface area (Å²) in [5, 5.41) is 19.4. The summed E-state index contributed by atoms with van der Waals surface area (Å²) < 4.78 is 1.60. The molecule has 126 valence electrons. The van der Waals surface area contributed by atoms with Crippen LogP contribution in [0.3, 0.4) is 0 Å². The fourth-order valence-corrected chi connectivity index (χ4v) is 2.41. The van der Waals surface area contributed by atoms with E-state index >= 15 is 0 Å². The van der Waals surface area contributed by atoms with Crippen molar-refractivity contribution in [3.8, 4) is 16.9 Å². The molecule has 0 unspecified atom stereocenters. The average Bonchev–Trinajstić information content (AvgIpc) is 3.08. The molecule has 0 bridgehead atoms. The topological polar surface area (TPSA) is 97.1 Å². The van der Waals surface area contributed by atoms with Gasteiger partial charge in [-0.15, -0.1) is 5.10 Å². The Kier molecular flexibility index (Phi) is 4.84. The summed E-state index contributed by atoms with van der Waals surface area (Å²) in [4.78, 5) is 23.1. The first kappa shape index (κ1) is 16.4. The highest BCUT2D eigenvalue weighted by atomic mass is 16.4. The molecule has 0 saturated carbocycles. The predicted molar refractivity (Wildman–Crippen MR) is 91.4 cm³/mol. The first-order valence-electron chi connectivity index (χ1n) is 7.73. The van der Waals surface area contributed by atoms with Gasteiger partial charge in [0.2, 0.25) is 0 Å². The Morgan fingerprint density at radius 2 is 1.64 bits per heavy atom. The van der Waals surface area contributed by atoms with Crippen molar-refractivity contribution in [2.75, 3.05) is 6.54 Å². The summed E-state index contributed by atoms with van der Waals surface area (Å²) in [5.41, 5.74) is 2.28. The molecule has 0 atom stereocenters. The molecule has 2 aromatic carbocycles. The Morgan fingerprint density at radius 3 is 2.28 bits per heavy atom. The van der Waals surface area contributed by atoms with Gasteiger partial charge in [0.15, 0.2) is 5.69 Å². The van der Waals surface area contributed by atoms with Gasteiger partial charge in [-0.3, -0.25) is 9.59 Å². The summed E-state index contributed by atoms with van der Waals surface area (Å²) in [6, 6.07) is 18.7. The largest absolute Gasteiger partial charge is 0.481 e. The molecule has 7 nitrogen and oxygen atoms in total. The number of rotatable bonds is 6. The van der Waals surface area contributed by atoms with Gasteiger partial charge in [0.1, 0.15) is 5.69 Å². The standard InChI is InChI=1S/C18H16N4O3/c23-15(24)11-12-19-18(25)16-17(13-7-3-1-4-8-13)22(21-20-16)14-9-5-2-6-10-14/h1-10H,11-12H2,(H,19,25)(H,23,24). The average molecular weight is 336 g/mol. The fraction of sp³-hybridized carbons (Fsp3) is 0.111. The normalized spacial score (nSPS) is 10.4. The van der Waals surface area contributed by atoms with Crippen molar-refractivity contribution >= 4 is 11.9 Å². The van der Waals surface area contributed by atoms with Crippen molar-refractivity contribution in [2.45, 2.75) is 6.42 Å². The third kappa shape index (κ3) is 3.72. The molecule has 3 aromatic rings. The van der Waals surface area contributed by atoms with Gasteiger partial charge in [-0.05, 0) is 12.1 Å². The highest BCUT2D eigenvalue weighted by Crippen LogP contribution is 2.25. The van der Waals surface area contributed by atoms with Gasteiger partial charge in [-0.25, -0.2) is 4.68 Å². The number of carbonyl (C=O) groups is 2. The fourth-order valence-electron chi connectivity index (χ4n) is 2.41. The van der Waals surface area contributed by atoms with E-state index < -0.39 is 11.9 Å². The monoisotopic (exact) mass is 336 g/mol. The van der Waals surface area contributed by atoms with E-state index in [1.54, 1.807) is 4.68 Å². The molecular formula is C18H16N4O3. The minimum absolute atomic E-state index is 0.0284. The maximum atomic E-state index is 12.4. The molecule has 25 heavy (non-hydrogen) atoms. The maximum Gasteiger partial charge on any atom is 0.305 e. The summed E-state index contributed by atoms with van der Waals surface area (Å²) in [6.07, 6.45) is -0.154. The number of benzene rings is 2. The molecule has 0 fully saturated rings. The number of carboxylic acid groups (broad SMARTS) is 1. The Labute approximate surface area is 143 Å². The molecule has 0 aliphatic carbocycles. The number of nitrogens with zero attached hydrogens (tertiary/aromatic N) is 3. The minimum atomic E-state index is -0.975. The number of para-hydroxylation sites is 1. The molecule has 1 amide bonds. The van der Waals surface area contributed by atoms with Crippen LogP contribution in [-0.2, 0) is 4.79 Å². The van der Waals surface area contributed by atoms with Crippen LogP contribution in [0.2, 0.25) is 0 Å². The zero-order valence-corrected chi connectivity index (χ0v) is 13.3. The van der Waals surface area contributed by atoms with Gasteiger partial charge in [-0.2, -0.15) is 0 Å². The van der Waals surface area contributed by atoms with Gasteiger partial charge in [0.25, 0.3) is 5.91 Å². The Bertz CT molecular complexity index is 876. The molecule has 0 spiro atoms. The Morgan fingerprint density at radius 1 is 1.00 bits per heavy atom. The van der Waals surface area contributed by atoms with Crippen LogP contribution >= 0.6 is 0 Å². The number of amides is 1. The summed E-state index contributed by atoms with van der Waals surface area (Å²) >= 11 is 0. The minimum Gasteiger partial charge on any atom is -0.481 e. The zero-order valence-electron chi connectivity index (χ0n) is 13.3. The lowest BCUT2D eigenvalue weighted by molar-refractivity contribution is -0.136. The van der Waals surface area contributed by atoms with Crippen LogP contribution in [0.4, 0.5) is 0 Å². The van der Waals surface area contributed by atoms with Crippen molar-refractivity contribution in [3.63, 3.8) is 0 Å². The van der Waals surface area contributed by atoms with E-state index in [0.717, 1.165) is 11.3 Å². The van der Waals surface area contributed by atoms with Crippen LogP contribution in [0.15, 0.2) is 60.7 Å². The van der Waals surface area contributed by atoms with Crippen molar-refractivity contribution in [3.05, 3.63) is 66.4 Å². The molecule has 1 heterocycles. The molecule has 3 rings (SSSR count). The smallest absolute Gasteiger partial charge is 0.305 e. The predicted octanol–water partition coefficient (Wildman–Crippen LogP) is 2.14. The quantitative estimate of drug-likeness (QED) is 0.719. The van der Waals surface area contributed by atoms with Gasteiger partial charge >= 0.3 is 5.97 Å². The second-order valence-electron chi connectivity index (χ2n) is 5.30. The molecule has 1 aromatic heterocycles. The number of nitrogens with one attached hydrogen (secondary N) is 1. The lowest BCUT2D eigenvalue weighted by Crippen LogP contribution is -2.27. The second kappa shape index (κ2) is 7.39. The van der Waals surface area contributed by atoms with E-state index in [9.17, 15) is 9.59 Å². The molecule has 0 aliphatic rings. The first-order chi connectivity index (χ1) is 12.2. The van der Waals surface area contributed by atoms with Crippen molar-refractivity contribution in [1.29, 1.82) is 0 Å². The molecule has 0 saturated heterocycles. The number of aliphatic carboxylic acids is 1. The van der Waals surface area contributed by atoms with Gasteiger partial charge in [0.05, 0.1) is 12.1 Å². The Balaban J connectivity index is 2.00. The van der Waals surface area contributed by atoms with Crippen LogP contribution in [0.1, 0.15) is 16.9 Å². The highest BCUT2D eigenvalue weighted by Gasteiger charge is 2.21. The molecule has 2 N–H and O–H groups in total. The van der Waals surface area contributed by atoms with Crippen LogP contribution in [0.5, 0.6) is 0 Å². The van der Waals surface area contributed by atoms with Crippen LogP contribution in [-0.4, -0.2) is 38.5 Å². The summed E-state index contributed by atoms with van der Waals surface area (Å²) in [5.74, 6) is -1.43. The van der Waals surface area contributed by atoms with Gasteiger partial charge in [-0.1, -0.05) is 53.7 Å². The zero-order chi connectivity index (χ0) is 17.6. The molecular weight excluding hydrogens is 320 g/mol. The molecule has 0 aliphatic heterocycles. The van der Waals surface area contributed by atoms with Gasteiger partial charge < -0.3 is 10.4 Å². The maximum absolute atomic E-state index is 12.4. The number of hydrogen-bond acceptors (Lipinski definition) is 4. The Hall–Kier alpha value is -3.48. The van der Waals surface area contributed by atoms with E-state index in [4.69, 9.17) is 5.11 Å². The number of aromatic nitrogens is 3. The van der Waals surface area contributed by atoms with Gasteiger partial charge in [0, 0.05) is 12.1 Å².